The smallest absolute Gasteiger partial charge is 0.154 e. The Morgan fingerprint density at radius 1 is 1.19 bits per heavy atom. The predicted molar refractivity (Wildman–Crippen MR) is 62.6 cm³/mol. The summed E-state index contributed by atoms with van der Waals surface area (Å²) in [6.07, 6.45) is 3.72. The lowest BCUT2D eigenvalue weighted by Gasteiger charge is -1.91. The molecule has 0 amide bonds. The summed E-state index contributed by atoms with van der Waals surface area (Å²) in [5.74, 6) is 1.66. The minimum Gasteiger partial charge on any atom is -0.460 e. The van der Waals surface area contributed by atoms with Crippen LogP contribution in [0, 0.1) is 6.92 Å². The molecule has 4 heteroatoms. The quantitative estimate of drug-likeness (QED) is 0.642. The molecule has 3 heterocycles. The normalized spacial score (nSPS) is 11.1. The molecule has 3 nitrogen and oxygen atoms in total. The number of aryl methyl sites for hydroxylation is 1. The molecular weight excluding hydrogens is 224 g/mol. The van der Waals surface area contributed by atoms with Crippen molar-refractivity contribution in [3.63, 3.8) is 0 Å². The molecule has 0 atom stereocenters. The van der Waals surface area contributed by atoms with E-state index in [4.69, 9.17) is 16.0 Å². The molecule has 0 radical (unpaired) electrons. The lowest BCUT2D eigenvalue weighted by atomic mass is 10.3. The van der Waals surface area contributed by atoms with Gasteiger partial charge in [0.25, 0.3) is 0 Å². The monoisotopic (exact) mass is 232 g/mol. The van der Waals surface area contributed by atoms with Gasteiger partial charge in [-0.3, -0.25) is 0 Å². The standard InChI is InChI=1S/C12H9ClN2O/c1-8-2-4-11(16-8)10-7-15-6-9(13)3-5-12(15)14-10/h2-7H,1H3. The highest BCUT2D eigenvalue weighted by Crippen LogP contribution is 2.22. The van der Waals surface area contributed by atoms with Crippen LogP contribution in [0.4, 0.5) is 0 Å². The summed E-state index contributed by atoms with van der Waals surface area (Å²) in [4.78, 5) is 4.45. The summed E-state index contributed by atoms with van der Waals surface area (Å²) in [6.45, 7) is 1.91. The minimum atomic E-state index is 0.687. The van der Waals surface area contributed by atoms with Gasteiger partial charge in [0.2, 0.25) is 0 Å². The van der Waals surface area contributed by atoms with Gasteiger partial charge in [-0.05, 0) is 31.2 Å². The van der Waals surface area contributed by atoms with E-state index in [1.807, 2.05) is 48.0 Å². The molecule has 0 saturated heterocycles. The molecule has 3 rings (SSSR count). The maximum absolute atomic E-state index is 5.91. The zero-order valence-electron chi connectivity index (χ0n) is 8.64. The number of fused-ring (bicyclic) bond motifs is 1. The topological polar surface area (TPSA) is 30.4 Å². The van der Waals surface area contributed by atoms with Crippen molar-refractivity contribution in [1.82, 2.24) is 9.38 Å². The Hall–Kier alpha value is -1.74. The van der Waals surface area contributed by atoms with E-state index < -0.39 is 0 Å². The summed E-state index contributed by atoms with van der Waals surface area (Å²) in [6, 6.07) is 7.54. The predicted octanol–water partition coefficient (Wildman–Crippen LogP) is 3.56. The van der Waals surface area contributed by atoms with E-state index in [0.29, 0.717) is 5.02 Å². The Bertz CT molecular complexity index is 654. The fraction of sp³-hybridized carbons (Fsp3) is 0.0833. The molecule has 0 aliphatic heterocycles. The first-order valence-corrected chi connectivity index (χ1v) is 5.31. The van der Waals surface area contributed by atoms with Crippen molar-refractivity contribution in [1.29, 1.82) is 0 Å². The number of hydrogen-bond donors (Lipinski definition) is 0. The number of furan rings is 1. The number of aromatic nitrogens is 2. The number of nitrogens with zero attached hydrogens (tertiary/aromatic N) is 2. The van der Waals surface area contributed by atoms with Crippen molar-refractivity contribution in [2.24, 2.45) is 0 Å². The van der Waals surface area contributed by atoms with Crippen LogP contribution in [-0.2, 0) is 0 Å². The summed E-state index contributed by atoms with van der Waals surface area (Å²) in [7, 11) is 0. The molecule has 0 aliphatic rings. The number of halogens is 1. The molecule has 0 unspecified atom stereocenters. The van der Waals surface area contributed by atoms with Crippen LogP contribution in [0.15, 0.2) is 41.1 Å². The van der Waals surface area contributed by atoms with Crippen molar-refractivity contribution in [3.8, 4) is 11.5 Å². The molecule has 0 fully saturated rings. The molecular formula is C12H9ClN2O. The Kier molecular flexibility index (Phi) is 2.01. The molecule has 0 N–H and O–H groups in total. The molecule has 0 saturated carbocycles. The molecule has 3 aromatic rings. The summed E-state index contributed by atoms with van der Waals surface area (Å²) in [5, 5.41) is 0.687. The molecule has 0 bridgehead atoms. The summed E-state index contributed by atoms with van der Waals surface area (Å²) >= 11 is 5.91. The average Bonchev–Trinajstić information content (AvgIpc) is 2.83. The maximum Gasteiger partial charge on any atom is 0.154 e. The van der Waals surface area contributed by atoms with Crippen molar-refractivity contribution < 1.29 is 4.42 Å². The van der Waals surface area contributed by atoms with E-state index in [0.717, 1.165) is 22.9 Å². The van der Waals surface area contributed by atoms with E-state index in [1.54, 1.807) is 0 Å². The highest BCUT2D eigenvalue weighted by Gasteiger charge is 2.07. The van der Waals surface area contributed by atoms with Crippen LogP contribution >= 0.6 is 11.6 Å². The van der Waals surface area contributed by atoms with E-state index >= 15 is 0 Å². The first-order chi connectivity index (χ1) is 7.72. The highest BCUT2D eigenvalue weighted by atomic mass is 35.5. The average molecular weight is 233 g/mol. The number of hydrogen-bond acceptors (Lipinski definition) is 2. The summed E-state index contributed by atoms with van der Waals surface area (Å²) < 4.78 is 7.40. The van der Waals surface area contributed by atoms with Crippen molar-refractivity contribution in [2.45, 2.75) is 6.92 Å². The van der Waals surface area contributed by atoms with Gasteiger partial charge in [-0.1, -0.05) is 11.6 Å². The number of rotatable bonds is 1. The van der Waals surface area contributed by atoms with Crippen LogP contribution in [0.5, 0.6) is 0 Å². The van der Waals surface area contributed by atoms with E-state index in [-0.39, 0.29) is 0 Å². The lowest BCUT2D eigenvalue weighted by molar-refractivity contribution is 0.547. The zero-order chi connectivity index (χ0) is 11.1. The van der Waals surface area contributed by atoms with Gasteiger partial charge in [0, 0.05) is 12.4 Å². The van der Waals surface area contributed by atoms with Crippen molar-refractivity contribution in [3.05, 3.63) is 47.4 Å². The Morgan fingerprint density at radius 2 is 2.06 bits per heavy atom. The second-order valence-electron chi connectivity index (χ2n) is 3.65. The van der Waals surface area contributed by atoms with Crippen LogP contribution < -0.4 is 0 Å². The van der Waals surface area contributed by atoms with Gasteiger partial charge in [0.1, 0.15) is 17.1 Å². The van der Waals surface area contributed by atoms with Gasteiger partial charge < -0.3 is 8.82 Å². The second kappa shape index (κ2) is 3.39. The third-order valence-corrected chi connectivity index (χ3v) is 2.63. The Labute approximate surface area is 97.3 Å². The molecule has 80 valence electrons. The first kappa shape index (κ1) is 9.48. The van der Waals surface area contributed by atoms with Gasteiger partial charge in [-0.15, -0.1) is 0 Å². The van der Waals surface area contributed by atoms with Gasteiger partial charge in [-0.25, -0.2) is 4.98 Å². The molecule has 0 aliphatic carbocycles. The molecule has 0 aromatic carbocycles. The van der Waals surface area contributed by atoms with Crippen LogP contribution in [0.2, 0.25) is 5.02 Å². The van der Waals surface area contributed by atoms with E-state index in [9.17, 15) is 0 Å². The Balaban J connectivity index is 2.18. The van der Waals surface area contributed by atoms with Crippen LogP contribution in [-0.4, -0.2) is 9.38 Å². The second-order valence-corrected chi connectivity index (χ2v) is 4.09. The van der Waals surface area contributed by atoms with E-state index in [2.05, 4.69) is 4.98 Å². The highest BCUT2D eigenvalue weighted by molar-refractivity contribution is 6.30. The fourth-order valence-electron chi connectivity index (χ4n) is 1.66. The van der Waals surface area contributed by atoms with E-state index in [1.165, 1.54) is 0 Å². The molecule has 0 spiro atoms. The lowest BCUT2D eigenvalue weighted by Crippen LogP contribution is -1.79. The van der Waals surface area contributed by atoms with Crippen LogP contribution in [0.25, 0.3) is 17.1 Å². The zero-order valence-corrected chi connectivity index (χ0v) is 9.40. The van der Waals surface area contributed by atoms with Gasteiger partial charge in [0.05, 0.1) is 5.02 Å². The number of pyridine rings is 1. The molecule has 16 heavy (non-hydrogen) atoms. The van der Waals surface area contributed by atoms with Crippen LogP contribution in [0.3, 0.4) is 0 Å². The van der Waals surface area contributed by atoms with Crippen molar-refractivity contribution in [2.75, 3.05) is 0 Å². The van der Waals surface area contributed by atoms with Crippen LogP contribution in [0.1, 0.15) is 5.76 Å². The fourth-order valence-corrected chi connectivity index (χ4v) is 1.82. The SMILES string of the molecule is Cc1ccc(-c2cn3cc(Cl)ccc3n2)o1. The van der Waals surface area contributed by atoms with Gasteiger partial charge in [-0.2, -0.15) is 0 Å². The third-order valence-electron chi connectivity index (χ3n) is 2.41. The summed E-state index contributed by atoms with van der Waals surface area (Å²) in [5.41, 5.74) is 1.67. The van der Waals surface area contributed by atoms with Gasteiger partial charge in [0.15, 0.2) is 5.76 Å². The Morgan fingerprint density at radius 3 is 2.81 bits per heavy atom. The molecule has 3 aromatic heterocycles. The van der Waals surface area contributed by atoms with Gasteiger partial charge >= 0.3 is 0 Å². The van der Waals surface area contributed by atoms with Crippen molar-refractivity contribution >= 4 is 17.2 Å². The number of imidazole rings is 1. The largest absolute Gasteiger partial charge is 0.460 e. The first-order valence-electron chi connectivity index (χ1n) is 4.93. The minimum absolute atomic E-state index is 0.687. The maximum atomic E-state index is 5.91. The third kappa shape index (κ3) is 1.49.